The summed E-state index contributed by atoms with van der Waals surface area (Å²) in [5.41, 5.74) is -1.47. The van der Waals surface area contributed by atoms with Gasteiger partial charge in [-0.15, -0.1) is 0 Å². The van der Waals surface area contributed by atoms with Crippen molar-refractivity contribution in [3.8, 4) is 0 Å². The Labute approximate surface area is 95.6 Å². The van der Waals surface area contributed by atoms with Crippen LogP contribution in [0.25, 0.3) is 0 Å². The van der Waals surface area contributed by atoms with Crippen LogP contribution in [0, 0.1) is 0 Å². The molecular formula is C9H14F3NO4. The average Bonchev–Trinajstić information content (AvgIpc) is 2.44. The molecule has 1 amide bonds. The van der Waals surface area contributed by atoms with Gasteiger partial charge in [0.05, 0.1) is 11.6 Å². The molecule has 0 aromatic rings. The molecular weight excluding hydrogens is 243 g/mol. The second-order valence-electron chi connectivity index (χ2n) is 4.48. The molecule has 0 bridgehead atoms. The van der Waals surface area contributed by atoms with Crippen LogP contribution in [0.3, 0.4) is 0 Å². The summed E-state index contributed by atoms with van der Waals surface area (Å²) >= 11 is 0. The van der Waals surface area contributed by atoms with Crippen molar-refractivity contribution in [2.45, 2.75) is 50.5 Å². The van der Waals surface area contributed by atoms with Gasteiger partial charge >= 0.3 is 12.1 Å². The number of nitrogens with one attached hydrogen (secondary N) is 1. The summed E-state index contributed by atoms with van der Waals surface area (Å²) in [6.45, 7) is 2.64. The van der Waals surface area contributed by atoms with Crippen molar-refractivity contribution < 1.29 is 32.9 Å². The van der Waals surface area contributed by atoms with Crippen LogP contribution in [0.4, 0.5) is 13.2 Å². The number of amides is 1. The minimum atomic E-state index is -5.00. The molecule has 5 nitrogen and oxygen atoms in total. The molecule has 1 saturated heterocycles. The summed E-state index contributed by atoms with van der Waals surface area (Å²) in [7, 11) is 0. The molecule has 1 aliphatic heterocycles. The number of aliphatic hydroxyl groups is 2. The van der Waals surface area contributed by atoms with E-state index in [0.717, 1.165) is 0 Å². The molecule has 1 aliphatic rings. The fourth-order valence-electron chi connectivity index (χ4n) is 1.70. The Balaban J connectivity index is 2.73. The lowest BCUT2D eigenvalue weighted by atomic mass is 9.95. The maximum atomic E-state index is 12.0. The Morgan fingerprint density at radius 3 is 2.35 bits per heavy atom. The van der Waals surface area contributed by atoms with Crippen LogP contribution in [-0.2, 0) is 9.53 Å². The normalized spacial score (nSPS) is 30.4. The second-order valence-corrected chi connectivity index (χ2v) is 4.48. The van der Waals surface area contributed by atoms with E-state index in [1.165, 1.54) is 13.8 Å². The first-order valence-electron chi connectivity index (χ1n) is 4.95. The lowest BCUT2D eigenvalue weighted by molar-refractivity contribution is -0.176. The topological polar surface area (TPSA) is 78.8 Å². The molecule has 1 rings (SSSR count). The van der Waals surface area contributed by atoms with Crippen molar-refractivity contribution >= 4 is 5.91 Å². The second kappa shape index (κ2) is 4.43. The summed E-state index contributed by atoms with van der Waals surface area (Å²) in [6, 6.07) is -1.08. The van der Waals surface area contributed by atoms with Crippen molar-refractivity contribution in [2.75, 3.05) is 0 Å². The number of rotatable bonds is 2. The van der Waals surface area contributed by atoms with Gasteiger partial charge < -0.3 is 20.3 Å². The Morgan fingerprint density at radius 1 is 1.41 bits per heavy atom. The molecule has 1 fully saturated rings. The molecule has 100 valence electrons. The molecule has 0 aliphatic carbocycles. The molecule has 17 heavy (non-hydrogen) atoms. The standard InChI is InChI=1S/C9H14F3NO4/c1-8(2,16)6-4(3-5(14)17-6)13-7(15)9(10,11)12/h4-6,14,16H,3H2,1-2H3,(H,13,15)/t4-,5-,6+/m0/s1. The third-order valence-electron chi connectivity index (χ3n) is 2.39. The van der Waals surface area contributed by atoms with Crippen LogP contribution < -0.4 is 5.32 Å². The number of aliphatic hydroxyl groups excluding tert-OH is 1. The maximum Gasteiger partial charge on any atom is 0.471 e. The van der Waals surface area contributed by atoms with Gasteiger partial charge in [0.1, 0.15) is 6.10 Å². The van der Waals surface area contributed by atoms with Gasteiger partial charge in [0.25, 0.3) is 0 Å². The van der Waals surface area contributed by atoms with Gasteiger partial charge in [0.2, 0.25) is 0 Å². The quantitative estimate of drug-likeness (QED) is 0.646. The van der Waals surface area contributed by atoms with Crippen LogP contribution >= 0.6 is 0 Å². The van der Waals surface area contributed by atoms with Crippen molar-refractivity contribution in [3.63, 3.8) is 0 Å². The van der Waals surface area contributed by atoms with Crippen molar-refractivity contribution in [3.05, 3.63) is 0 Å². The molecule has 0 aromatic carbocycles. The smallest absolute Gasteiger partial charge is 0.388 e. The fourth-order valence-corrected chi connectivity index (χ4v) is 1.70. The molecule has 8 heteroatoms. The first-order valence-corrected chi connectivity index (χ1v) is 4.95. The Morgan fingerprint density at radius 2 is 1.94 bits per heavy atom. The van der Waals surface area contributed by atoms with Gasteiger partial charge in [0.15, 0.2) is 6.29 Å². The van der Waals surface area contributed by atoms with E-state index in [4.69, 9.17) is 4.74 Å². The third-order valence-corrected chi connectivity index (χ3v) is 2.39. The number of hydrogen-bond acceptors (Lipinski definition) is 4. The van der Waals surface area contributed by atoms with Crippen molar-refractivity contribution in [2.24, 2.45) is 0 Å². The van der Waals surface area contributed by atoms with E-state index in [1.807, 2.05) is 0 Å². The number of hydrogen-bond donors (Lipinski definition) is 3. The van der Waals surface area contributed by atoms with E-state index >= 15 is 0 Å². The van der Waals surface area contributed by atoms with Crippen LogP contribution in [0.15, 0.2) is 0 Å². The van der Waals surface area contributed by atoms with E-state index in [9.17, 15) is 28.2 Å². The highest BCUT2D eigenvalue weighted by Gasteiger charge is 2.47. The summed E-state index contributed by atoms with van der Waals surface area (Å²) in [5, 5.41) is 20.5. The molecule has 0 spiro atoms. The van der Waals surface area contributed by atoms with Gasteiger partial charge in [-0.3, -0.25) is 4.79 Å². The van der Waals surface area contributed by atoms with Gasteiger partial charge in [-0.25, -0.2) is 0 Å². The lowest BCUT2D eigenvalue weighted by Gasteiger charge is -2.30. The van der Waals surface area contributed by atoms with Gasteiger partial charge in [-0.2, -0.15) is 13.2 Å². The highest BCUT2D eigenvalue weighted by atomic mass is 19.4. The number of ether oxygens (including phenoxy) is 1. The van der Waals surface area contributed by atoms with Crippen molar-refractivity contribution in [1.29, 1.82) is 0 Å². The summed E-state index contributed by atoms with van der Waals surface area (Å²) in [5.74, 6) is -2.12. The molecule has 0 saturated carbocycles. The Bertz CT molecular complexity index is 300. The molecule has 0 aromatic heterocycles. The molecule has 3 N–H and O–H groups in total. The molecule has 1 heterocycles. The predicted octanol–water partition coefficient (Wildman–Crippen LogP) is -0.0883. The maximum absolute atomic E-state index is 12.0. The number of carbonyl (C=O) groups excluding carboxylic acids is 1. The van der Waals surface area contributed by atoms with Crippen LogP contribution in [0.1, 0.15) is 20.3 Å². The summed E-state index contributed by atoms with van der Waals surface area (Å²) in [4.78, 5) is 10.7. The van der Waals surface area contributed by atoms with Gasteiger partial charge in [-0.1, -0.05) is 0 Å². The van der Waals surface area contributed by atoms with Gasteiger partial charge in [0, 0.05) is 6.42 Å². The van der Waals surface area contributed by atoms with E-state index in [1.54, 1.807) is 5.32 Å². The fraction of sp³-hybridized carbons (Fsp3) is 0.889. The number of carbonyl (C=O) groups is 1. The summed E-state index contributed by atoms with van der Waals surface area (Å²) < 4.78 is 41.0. The van der Waals surface area contributed by atoms with Crippen LogP contribution in [0.5, 0.6) is 0 Å². The van der Waals surface area contributed by atoms with E-state index in [0.29, 0.717) is 0 Å². The predicted molar refractivity (Wildman–Crippen MR) is 49.8 cm³/mol. The molecule has 0 radical (unpaired) electrons. The minimum Gasteiger partial charge on any atom is -0.388 e. The van der Waals surface area contributed by atoms with E-state index < -0.39 is 36.1 Å². The number of alkyl halides is 3. The zero-order valence-electron chi connectivity index (χ0n) is 9.28. The molecule has 3 atom stereocenters. The third kappa shape index (κ3) is 3.55. The zero-order valence-corrected chi connectivity index (χ0v) is 9.28. The first-order chi connectivity index (χ1) is 7.51. The highest BCUT2D eigenvalue weighted by Crippen LogP contribution is 2.28. The van der Waals surface area contributed by atoms with E-state index in [2.05, 4.69) is 0 Å². The van der Waals surface area contributed by atoms with E-state index in [-0.39, 0.29) is 6.42 Å². The van der Waals surface area contributed by atoms with Crippen molar-refractivity contribution in [1.82, 2.24) is 5.32 Å². The largest absolute Gasteiger partial charge is 0.471 e. The van der Waals surface area contributed by atoms with Crippen LogP contribution in [0.2, 0.25) is 0 Å². The average molecular weight is 257 g/mol. The zero-order chi connectivity index (χ0) is 13.4. The minimum absolute atomic E-state index is 0.198. The van der Waals surface area contributed by atoms with Crippen LogP contribution in [-0.4, -0.2) is 46.3 Å². The highest BCUT2D eigenvalue weighted by molar-refractivity contribution is 5.82. The van der Waals surface area contributed by atoms with Gasteiger partial charge in [-0.05, 0) is 13.8 Å². The monoisotopic (exact) mass is 257 g/mol. The Kier molecular flexibility index (Phi) is 3.70. The summed E-state index contributed by atoms with van der Waals surface area (Å²) in [6.07, 6.45) is -7.59. The SMILES string of the molecule is CC(C)(O)[C@@H]1O[C@H](O)C[C@@H]1NC(=O)C(F)(F)F. The number of halogens is 3. The lowest BCUT2D eigenvalue weighted by Crippen LogP contribution is -2.53. The molecule has 0 unspecified atom stereocenters. The first kappa shape index (κ1) is 14.2. The Hall–Kier alpha value is -0.860.